The van der Waals surface area contributed by atoms with Crippen LogP contribution in [0.4, 0.5) is 0 Å². The first kappa shape index (κ1) is 14.1. The number of hydrogen-bond acceptors (Lipinski definition) is 3. The lowest BCUT2D eigenvalue weighted by atomic mass is 10.3. The summed E-state index contributed by atoms with van der Waals surface area (Å²) in [5.41, 5.74) is 0. The largest absolute Gasteiger partial charge is 0.490 e. The lowest BCUT2D eigenvalue weighted by molar-refractivity contribution is -0.131. The average Bonchev–Trinajstić information content (AvgIpc) is 2.21. The lowest BCUT2D eigenvalue weighted by Crippen LogP contribution is -2.02. The predicted octanol–water partition coefficient (Wildman–Crippen LogP) is 4.10. The van der Waals surface area contributed by atoms with Crippen molar-refractivity contribution in [3.8, 4) is 11.5 Å². The standard InChI is InChI=1S/C12H14Cl2O3/c1-3-4-5-16-12-10(13)6-9(7-11(12)14)17-8(2)15/h6-7H,3-5H2,1-2H3. The highest BCUT2D eigenvalue weighted by atomic mass is 35.5. The van der Waals surface area contributed by atoms with Crippen LogP contribution < -0.4 is 9.47 Å². The molecule has 5 heteroatoms. The van der Waals surface area contributed by atoms with E-state index in [9.17, 15) is 4.79 Å². The first-order valence-corrected chi connectivity index (χ1v) is 6.10. The Morgan fingerprint density at radius 1 is 1.29 bits per heavy atom. The summed E-state index contributed by atoms with van der Waals surface area (Å²) in [5, 5.41) is 0.676. The van der Waals surface area contributed by atoms with Crippen LogP contribution in [0.25, 0.3) is 0 Å². The van der Waals surface area contributed by atoms with Gasteiger partial charge < -0.3 is 9.47 Å². The Morgan fingerprint density at radius 3 is 2.35 bits per heavy atom. The predicted molar refractivity (Wildman–Crippen MR) is 68.2 cm³/mol. The van der Waals surface area contributed by atoms with Gasteiger partial charge >= 0.3 is 5.97 Å². The maximum absolute atomic E-state index is 10.8. The minimum Gasteiger partial charge on any atom is -0.490 e. The van der Waals surface area contributed by atoms with Crippen LogP contribution in [0.1, 0.15) is 26.7 Å². The molecule has 0 aliphatic heterocycles. The van der Waals surface area contributed by atoms with Crippen LogP contribution in [0.2, 0.25) is 10.0 Å². The fourth-order valence-corrected chi connectivity index (χ4v) is 1.79. The van der Waals surface area contributed by atoms with Crippen molar-refractivity contribution >= 4 is 29.2 Å². The van der Waals surface area contributed by atoms with E-state index in [1.165, 1.54) is 19.1 Å². The minimum atomic E-state index is -0.420. The Kier molecular flexibility index (Phi) is 5.59. The topological polar surface area (TPSA) is 35.5 Å². The van der Waals surface area contributed by atoms with E-state index in [1.807, 2.05) is 0 Å². The second-order valence-electron chi connectivity index (χ2n) is 3.51. The highest BCUT2D eigenvalue weighted by Crippen LogP contribution is 2.37. The fraction of sp³-hybridized carbons (Fsp3) is 0.417. The Hall–Kier alpha value is -0.930. The molecule has 0 aliphatic carbocycles. The molecule has 94 valence electrons. The van der Waals surface area contributed by atoms with E-state index in [1.54, 1.807) is 0 Å². The quantitative estimate of drug-likeness (QED) is 0.462. The SMILES string of the molecule is CCCCOc1c(Cl)cc(OC(C)=O)cc1Cl. The van der Waals surface area contributed by atoms with Crippen molar-refractivity contribution in [2.45, 2.75) is 26.7 Å². The Morgan fingerprint density at radius 2 is 1.88 bits per heavy atom. The zero-order valence-electron chi connectivity index (χ0n) is 9.76. The number of esters is 1. The van der Waals surface area contributed by atoms with Gasteiger partial charge in [0.25, 0.3) is 0 Å². The number of benzene rings is 1. The average molecular weight is 277 g/mol. The molecule has 0 saturated heterocycles. The maximum atomic E-state index is 10.8. The molecule has 3 nitrogen and oxygen atoms in total. The van der Waals surface area contributed by atoms with Gasteiger partial charge in [-0.1, -0.05) is 36.5 Å². The number of halogens is 2. The number of carbonyl (C=O) groups excluding carboxylic acids is 1. The molecule has 0 heterocycles. The third kappa shape index (κ3) is 4.44. The van der Waals surface area contributed by atoms with Crippen molar-refractivity contribution in [3.63, 3.8) is 0 Å². The third-order valence-corrected chi connectivity index (χ3v) is 2.54. The molecular weight excluding hydrogens is 263 g/mol. The van der Waals surface area contributed by atoms with Crippen LogP contribution in [-0.2, 0) is 4.79 Å². The smallest absolute Gasteiger partial charge is 0.308 e. The monoisotopic (exact) mass is 276 g/mol. The van der Waals surface area contributed by atoms with Crippen LogP contribution in [0.5, 0.6) is 11.5 Å². The first-order chi connectivity index (χ1) is 8.04. The molecule has 1 rings (SSSR count). The Bertz CT molecular complexity index is 382. The van der Waals surface area contributed by atoms with Gasteiger partial charge in [-0.3, -0.25) is 4.79 Å². The Labute approximate surface area is 111 Å². The number of ether oxygens (including phenoxy) is 2. The van der Waals surface area contributed by atoms with Gasteiger partial charge in [-0.15, -0.1) is 0 Å². The fourth-order valence-electron chi connectivity index (χ4n) is 1.22. The van der Waals surface area contributed by atoms with E-state index in [0.29, 0.717) is 28.2 Å². The molecule has 0 aliphatic rings. The van der Waals surface area contributed by atoms with Gasteiger partial charge in [-0.25, -0.2) is 0 Å². The molecule has 0 atom stereocenters. The van der Waals surface area contributed by atoms with Crippen molar-refractivity contribution in [2.75, 3.05) is 6.61 Å². The van der Waals surface area contributed by atoms with E-state index in [4.69, 9.17) is 32.7 Å². The van der Waals surface area contributed by atoms with Gasteiger partial charge in [-0.05, 0) is 6.42 Å². The van der Waals surface area contributed by atoms with Crippen LogP contribution >= 0.6 is 23.2 Å². The van der Waals surface area contributed by atoms with Crippen molar-refractivity contribution in [2.24, 2.45) is 0 Å². The molecule has 0 saturated carbocycles. The normalized spacial score (nSPS) is 10.1. The van der Waals surface area contributed by atoms with Gasteiger partial charge in [0, 0.05) is 19.1 Å². The molecule has 1 aromatic rings. The second kappa shape index (κ2) is 6.72. The van der Waals surface area contributed by atoms with Crippen molar-refractivity contribution in [1.82, 2.24) is 0 Å². The summed E-state index contributed by atoms with van der Waals surface area (Å²) in [7, 11) is 0. The van der Waals surface area contributed by atoms with Crippen LogP contribution in [0.15, 0.2) is 12.1 Å². The zero-order chi connectivity index (χ0) is 12.8. The van der Waals surface area contributed by atoms with Crippen molar-refractivity contribution in [1.29, 1.82) is 0 Å². The second-order valence-corrected chi connectivity index (χ2v) is 4.33. The maximum Gasteiger partial charge on any atom is 0.308 e. The van der Waals surface area contributed by atoms with Gasteiger partial charge in [0.1, 0.15) is 5.75 Å². The molecule has 0 unspecified atom stereocenters. The third-order valence-electron chi connectivity index (χ3n) is 1.98. The number of rotatable bonds is 5. The summed E-state index contributed by atoms with van der Waals surface area (Å²) in [6.07, 6.45) is 1.96. The molecule has 0 radical (unpaired) electrons. The highest BCUT2D eigenvalue weighted by molar-refractivity contribution is 6.37. The number of hydrogen-bond donors (Lipinski definition) is 0. The summed E-state index contributed by atoms with van der Waals surface area (Å²) in [4.78, 5) is 10.8. The molecule has 0 fully saturated rings. The van der Waals surface area contributed by atoms with E-state index >= 15 is 0 Å². The summed E-state index contributed by atoms with van der Waals surface area (Å²) < 4.78 is 10.4. The number of unbranched alkanes of at least 4 members (excludes halogenated alkanes) is 1. The first-order valence-electron chi connectivity index (χ1n) is 5.34. The van der Waals surface area contributed by atoms with E-state index < -0.39 is 5.97 Å². The molecule has 0 amide bonds. The molecule has 0 N–H and O–H groups in total. The molecule has 17 heavy (non-hydrogen) atoms. The van der Waals surface area contributed by atoms with E-state index in [0.717, 1.165) is 12.8 Å². The lowest BCUT2D eigenvalue weighted by Gasteiger charge is -2.11. The van der Waals surface area contributed by atoms with Crippen LogP contribution in [0, 0.1) is 0 Å². The molecule has 0 aromatic heterocycles. The molecule has 0 bridgehead atoms. The van der Waals surface area contributed by atoms with Gasteiger partial charge in [-0.2, -0.15) is 0 Å². The van der Waals surface area contributed by atoms with Crippen LogP contribution in [0.3, 0.4) is 0 Å². The van der Waals surface area contributed by atoms with Crippen molar-refractivity contribution in [3.05, 3.63) is 22.2 Å². The summed E-state index contributed by atoms with van der Waals surface area (Å²) in [5.74, 6) is 0.324. The molecule has 1 aromatic carbocycles. The van der Waals surface area contributed by atoms with Gasteiger partial charge in [0.05, 0.1) is 16.7 Å². The van der Waals surface area contributed by atoms with Crippen LogP contribution in [-0.4, -0.2) is 12.6 Å². The Balaban J connectivity index is 2.82. The van der Waals surface area contributed by atoms with Gasteiger partial charge in [0.2, 0.25) is 0 Å². The summed E-state index contributed by atoms with van der Waals surface area (Å²) in [6, 6.07) is 3.02. The highest BCUT2D eigenvalue weighted by Gasteiger charge is 2.11. The van der Waals surface area contributed by atoms with E-state index in [-0.39, 0.29) is 0 Å². The minimum absolute atomic E-state index is 0.315. The molecule has 0 spiro atoms. The summed E-state index contributed by atoms with van der Waals surface area (Å²) in [6.45, 7) is 3.94. The number of carbonyl (C=O) groups is 1. The van der Waals surface area contributed by atoms with Gasteiger partial charge in [0.15, 0.2) is 5.75 Å². The zero-order valence-corrected chi connectivity index (χ0v) is 11.3. The van der Waals surface area contributed by atoms with E-state index in [2.05, 4.69) is 6.92 Å². The summed E-state index contributed by atoms with van der Waals surface area (Å²) >= 11 is 12.0. The molecular formula is C12H14Cl2O3. The van der Waals surface area contributed by atoms with Crippen molar-refractivity contribution < 1.29 is 14.3 Å².